The Morgan fingerprint density at radius 3 is 2.79 bits per heavy atom. The number of nitriles is 1. The number of aryl methyl sites for hydroxylation is 1. The lowest BCUT2D eigenvalue weighted by molar-refractivity contribution is 0.204. The topological polar surface area (TPSA) is 109 Å². The molecule has 2 aromatic rings. The molecule has 2 rings (SSSR count). The summed E-state index contributed by atoms with van der Waals surface area (Å²) in [5.41, 5.74) is 1.48. The molecule has 1 heterocycles. The fraction of sp³-hybridized carbons (Fsp3) is 0.333. The maximum absolute atomic E-state index is 12.4. The smallest absolute Gasteiger partial charge is 0.242 e. The molecule has 24 heavy (non-hydrogen) atoms. The van der Waals surface area contributed by atoms with Crippen LogP contribution in [0.4, 0.5) is 5.69 Å². The number of methoxy groups -OCH3 is 1. The molecule has 0 aliphatic carbocycles. The van der Waals surface area contributed by atoms with Crippen LogP contribution in [-0.4, -0.2) is 38.5 Å². The molecular weight excluding hydrogens is 330 g/mol. The van der Waals surface area contributed by atoms with E-state index in [1.165, 1.54) is 25.3 Å². The van der Waals surface area contributed by atoms with Gasteiger partial charge in [-0.05, 0) is 24.3 Å². The molecule has 2 N–H and O–H groups in total. The van der Waals surface area contributed by atoms with Crippen LogP contribution in [0.5, 0.6) is 0 Å². The van der Waals surface area contributed by atoms with Crippen LogP contribution in [-0.2, 0) is 28.4 Å². The highest BCUT2D eigenvalue weighted by molar-refractivity contribution is 7.89. The van der Waals surface area contributed by atoms with Crippen molar-refractivity contribution in [3.63, 3.8) is 0 Å². The largest absolute Gasteiger partial charge is 0.383 e. The molecule has 0 unspecified atom stereocenters. The van der Waals surface area contributed by atoms with Crippen LogP contribution >= 0.6 is 0 Å². The third-order valence-corrected chi connectivity index (χ3v) is 4.74. The molecule has 0 radical (unpaired) electrons. The lowest BCUT2D eigenvalue weighted by atomic mass is 10.2. The molecule has 0 saturated heterocycles. The second-order valence-electron chi connectivity index (χ2n) is 5.05. The van der Waals surface area contributed by atoms with E-state index in [0.717, 1.165) is 5.69 Å². The van der Waals surface area contributed by atoms with E-state index in [9.17, 15) is 8.42 Å². The molecule has 128 valence electrons. The van der Waals surface area contributed by atoms with E-state index in [2.05, 4.69) is 15.1 Å². The average Bonchev–Trinajstić information content (AvgIpc) is 2.98. The van der Waals surface area contributed by atoms with E-state index >= 15 is 0 Å². The van der Waals surface area contributed by atoms with Gasteiger partial charge in [0.1, 0.15) is 4.90 Å². The number of aromatic nitrogens is 2. The summed E-state index contributed by atoms with van der Waals surface area (Å²) in [4.78, 5) is 0.0773. The van der Waals surface area contributed by atoms with Crippen molar-refractivity contribution in [1.29, 1.82) is 5.26 Å². The second-order valence-corrected chi connectivity index (χ2v) is 6.78. The Bertz CT molecular complexity index is 839. The Labute approximate surface area is 141 Å². The van der Waals surface area contributed by atoms with E-state index in [1.807, 2.05) is 12.1 Å². The van der Waals surface area contributed by atoms with Gasteiger partial charge in [-0.3, -0.25) is 4.68 Å². The number of ether oxygens (including phenoxy) is 1. The molecule has 0 saturated carbocycles. The first-order valence-electron chi connectivity index (χ1n) is 7.21. The molecule has 0 amide bonds. The van der Waals surface area contributed by atoms with Crippen LogP contribution in [0.3, 0.4) is 0 Å². The molecule has 0 bridgehead atoms. The highest BCUT2D eigenvalue weighted by atomic mass is 32.2. The lowest BCUT2D eigenvalue weighted by Crippen LogP contribution is -2.28. The molecule has 0 atom stereocenters. The van der Waals surface area contributed by atoms with Crippen molar-refractivity contribution in [3.8, 4) is 6.07 Å². The van der Waals surface area contributed by atoms with Crippen molar-refractivity contribution >= 4 is 15.7 Å². The number of rotatable bonds is 8. The third kappa shape index (κ3) is 4.55. The summed E-state index contributed by atoms with van der Waals surface area (Å²) in [5, 5.41) is 16.3. The summed E-state index contributed by atoms with van der Waals surface area (Å²) in [6, 6.07) is 8.22. The van der Waals surface area contributed by atoms with E-state index in [4.69, 9.17) is 10.00 Å². The zero-order valence-corrected chi connectivity index (χ0v) is 14.3. The number of nitrogens with zero attached hydrogens (tertiary/aromatic N) is 3. The van der Waals surface area contributed by atoms with Crippen LogP contribution < -0.4 is 10.0 Å². The summed E-state index contributed by atoms with van der Waals surface area (Å²) in [6.45, 7) is 0.779. The zero-order valence-electron chi connectivity index (χ0n) is 13.5. The number of benzene rings is 1. The van der Waals surface area contributed by atoms with Crippen molar-refractivity contribution in [2.24, 2.45) is 7.05 Å². The summed E-state index contributed by atoms with van der Waals surface area (Å²) < 4.78 is 33.8. The van der Waals surface area contributed by atoms with Crippen LogP contribution in [0, 0.1) is 11.3 Å². The van der Waals surface area contributed by atoms with Gasteiger partial charge in [-0.1, -0.05) is 0 Å². The van der Waals surface area contributed by atoms with Crippen molar-refractivity contribution < 1.29 is 13.2 Å². The Morgan fingerprint density at radius 2 is 2.17 bits per heavy atom. The molecule has 1 aromatic carbocycles. The van der Waals surface area contributed by atoms with Crippen molar-refractivity contribution in [1.82, 2.24) is 14.5 Å². The lowest BCUT2D eigenvalue weighted by Gasteiger charge is -2.13. The van der Waals surface area contributed by atoms with Gasteiger partial charge in [-0.25, -0.2) is 13.1 Å². The minimum absolute atomic E-state index is 0.0773. The minimum atomic E-state index is -3.71. The maximum Gasteiger partial charge on any atom is 0.242 e. The highest BCUT2D eigenvalue weighted by Gasteiger charge is 2.18. The van der Waals surface area contributed by atoms with Crippen LogP contribution in [0.25, 0.3) is 0 Å². The van der Waals surface area contributed by atoms with Gasteiger partial charge in [0.25, 0.3) is 0 Å². The number of anilines is 1. The average molecular weight is 349 g/mol. The Balaban J connectivity index is 2.25. The van der Waals surface area contributed by atoms with Gasteiger partial charge in [-0.15, -0.1) is 0 Å². The molecule has 0 spiro atoms. The zero-order chi connectivity index (χ0) is 17.6. The Hall–Kier alpha value is -2.41. The number of hydrogen-bond donors (Lipinski definition) is 2. The molecule has 8 nitrogen and oxygen atoms in total. The van der Waals surface area contributed by atoms with Crippen LogP contribution in [0.15, 0.2) is 35.4 Å². The predicted octanol–water partition coefficient (Wildman–Crippen LogP) is 0.829. The quantitative estimate of drug-likeness (QED) is 0.683. The van der Waals surface area contributed by atoms with Gasteiger partial charge in [-0.2, -0.15) is 10.4 Å². The van der Waals surface area contributed by atoms with Crippen LogP contribution in [0.2, 0.25) is 0 Å². The molecular formula is C15H19N5O3S. The van der Waals surface area contributed by atoms with Crippen LogP contribution in [0.1, 0.15) is 11.3 Å². The highest BCUT2D eigenvalue weighted by Crippen LogP contribution is 2.23. The van der Waals surface area contributed by atoms with Crippen molar-refractivity contribution in [3.05, 3.63) is 41.7 Å². The second kappa shape index (κ2) is 7.92. The maximum atomic E-state index is 12.4. The Morgan fingerprint density at radius 1 is 1.38 bits per heavy atom. The van der Waals surface area contributed by atoms with E-state index in [0.29, 0.717) is 17.8 Å². The number of nitrogens with one attached hydrogen (secondary N) is 2. The summed E-state index contributed by atoms with van der Waals surface area (Å²) in [5.74, 6) is 0. The normalized spacial score (nSPS) is 11.2. The fourth-order valence-electron chi connectivity index (χ4n) is 2.07. The van der Waals surface area contributed by atoms with Gasteiger partial charge in [0, 0.05) is 26.9 Å². The number of hydrogen-bond acceptors (Lipinski definition) is 6. The van der Waals surface area contributed by atoms with E-state index in [-0.39, 0.29) is 18.0 Å². The van der Waals surface area contributed by atoms with Crippen molar-refractivity contribution in [2.75, 3.05) is 25.6 Å². The predicted molar refractivity (Wildman–Crippen MR) is 88.8 cm³/mol. The summed E-state index contributed by atoms with van der Waals surface area (Å²) >= 11 is 0. The monoisotopic (exact) mass is 349 g/mol. The fourth-order valence-corrected chi connectivity index (χ4v) is 3.25. The molecule has 0 aliphatic rings. The van der Waals surface area contributed by atoms with Gasteiger partial charge in [0.05, 0.1) is 36.2 Å². The molecule has 1 aromatic heterocycles. The SMILES string of the molecule is COCCNS(=O)(=O)c1ccc(C#N)cc1NCc1ccn(C)n1. The first-order chi connectivity index (χ1) is 11.5. The van der Waals surface area contributed by atoms with Crippen molar-refractivity contribution in [2.45, 2.75) is 11.4 Å². The third-order valence-electron chi connectivity index (χ3n) is 3.23. The standard InChI is InChI=1S/C15H19N5O3S/c1-20-7-5-13(19-20)11-17-14-9-12(10-16)3-4-15(14)24(21,22)18-6-8-23-2/h3-5,7,9,17-18H,6,8,11H2,1-2H3. The first-order valence-corrected chi connectivity index (χ1v) is 8.69. The van der Waals surface area contributed by atoms with Gasteiger partial charge >= 0.3 is 0 Å². The summed E-state index contributed by atoms with van der Waals surface area (Å²) in [7, 11) is -0.418. The van der Waals surface area contributed by atoms with Gasteiger partial charge in [0.15, 0.2) is 0 Å². The summed E-state index contributed by atoms with van der Waals surface area (Å²) in [6.07, 6.45) is 1.80. The molecule has 0 aliphatic heterocycles. The van der Waals surface area contributed by atoms with E-state index < -0.39 is 10.0 Å². The van der Waals surface area contributed by atoms with E-state index in [1.54, 1.807) is 17.9 Å². The number of sulfonamides is 1. The van der Waals surface area contributed by atoms with Gasteiger partial charge < -0.3 is 10.1 Å². The van der Waals surface area contributed by atoms with Gasteiger partial charge in [0.2, 0.25) is 10.0 Å². The molecule has 9 heteroatoms. The Kier molecular flexibility index (Phi) is 5.92. The first kappa shape index (κ1) is 17.9. The minimum Gasteiger partial charge on any atom is -0.383 e. The molecule has 0 fully saturated rings.